The van der Waals surface area contributed by atoms with Crippen LogP contribution in [0.25, 0.3) is 5.57 Å². The molecule has 0 saturated carbocycles. The molecule has 2 aromatic rings. The van der Waals surface area contributed by atoms with Gasteiger partial charge in [0.1, 0.15) is 5.60 Å². The van der Waals surface area contributed by atoms with Gasteiger partial charge < -0.3 is 9.47 Å². The second kappa shape index (κ2) is 10.5. The first-order valence-corrected chi connectivity index (χ1v) is 10.4. The number of benzene rings is 2. The number of ether oxygens (including phenoxy) is 2. The summed E-state index contributed by atoms with van der Waals surface area (Å²) in [5, 5.41) is 0. The molecule has 1 unspecified atom stereocenters. The highest BCUT2D eigenvalue weighted by atomic mass is 19.3. The average molecular weight is 416 g/mol. The van der Waals surface area contributed by atoms with Gasteiger partial charge in [0, 0.05) is 13.0 Å². The minimum Gasteiger partial charge on any atom is -0.432 e. The van der Waals surface area contributed by atoms with Crippen LogP contribution in [0, 0.1) is 5.82 Å². The van der Waals surface area contributed by atoms with E-state index in [2.05, 4.69) is 17.7 Å². The molecular formula is C25H27F3O2. The standard InChI is InChI=1S/C25H27F3O2/c1-2-3-4-8-17-29-25(21-11-12-23(22(26)18-21)30-24(27)28)15-13-20(14-16-25)19-9-6-5-7-10-19/h5-7,9-15,18,24H,2-4,8,16-17H2,1H3. The first-order chi connectivity index (χ1) is 14.5. The van der Waals surface area contributed by atoms with Crippen LogP contribution in [-0.2, 0) is 10.3 Å². The zero-order valence-corrected chi connectivity index (χ0v) is 17.1. The maximum atomic E-state index is 14.4. The lowest BCUT2D eigenvalue weighted by atomic mass is 9.83. The van der Waals surface area contributed by atoms with Crippen LogP contribution in [0.3, 0.4) is 0 Å². The SMILES string of the molecule is CCCCCCOC1(c2ccc(OC(F)F)c(F)c2)C=CC(c2ccccc2)=CC1. The molecule has 1 aliphatic rings. The molecule has 0 aliphatic heterocycles. The summed E-state index contributed by atoms with van der Waals surface area (Å²) in [5.74, 6) is -1.29. The molecular weight excluding hydrogens is 389 g/mol. The van der Waals surface area contributed by atoms with Crippen molar-refractivity contribution in [2.75, 3.05) is 6.61 Å². The number of rotatable bonds is 10. The van der Waals surface area contributed by atoms with Gasteiger partial charge in [-0.15, -0.1) is 0 Å². The molecule has 0 fully saturated rings. The largest absolute Gasteiger partial charge is 0.432 e. The predicted octanol–water partition coefficient (Wildman–Crippen LogP) is 7.26. The van der Waals surface area contributed by atoms with Crippen LogP contribution >= 0.6 is 0 Å². The van der Waals surface area contributed by atoms with Gasteiger partial charge in [-0.1, -0.05) is 74.7 Å². The molecule has 3 rings (SSSR count). The molecule has 2 nitrogen and oxygen atoms in total. The minimum absolute atomic E-state index is 0.466. The van der Waals surface area contributed by atoms with E-state index in [1.807, 2.05) is 42.5 Å². The quantitative estimate of drug-likeness (QED) is 0.379. The Balaban J connectivity index is 1.83. The third kappa shape index (κ3) is 5.54. The van der Waals surface area contributed by atoms with E-state index in [4.69, 9.17) is 4.74 Å². The Morgan fingerprint density at radius 1 is 1.03 bits per heavy atom. The Hall–Kier alpha value is -2.53. The summed E-state index contributed by atoms with van der Waals surface area (Å²) < 4.78 is 49.9. The number of hydrogen-bond donors (Lipinski definition) is 0. The van der Waals surface area contributed by atoms with Crippen molar-refractivity contribution in [1.82, 2.24) is 0 Å². The Morgan fingerprint density at radius 3 is 2.47 bits per heavy atom. The lowest BCUT2D eigenvalue weighted by Crippen LogP contribution is -2.29. The molecule has 0 aromatic heterocycles. The highest BCUT2D eigenvalue weighted by Crippen LogP contribution is 2.39. The Bertz CT molecular complexity index is 877. The predicted molar refractivity (Wildman–Crippen MR) is 113 cm³/mol. The summed E-state index contributed by atoms with van der Waals surface area (Å²) in [4.78, 5) is 0. The normalized spacial score (nSPS) is 18.5. The molecule has 0 N–H and O–H groups in total. The van der Waals surface area contributed by atoms with Gasteiger partial charge in [-0.05, 0) is 41.3 Å². The maximum absolute atomic E-state index is 14.4. The second-order valence-corrected chi connectivity index (χ2v) is 7.39. The van der Waals surface area contributed by atoms with Gasteiger partial charge >= 0.3 is 6.61 Å². The zero-order chi connectivity index (χ0) is 21.4. The molecule has 5 heteroatoms. The molecule has 0 amide bonds. The van der Waals surface area contributed by atoms with E-state index in [9.17, 15) is 13.2 Å². The van der Waals surface area contributed by atoms with Gasteiger partial charge in [-0.2, -0.15) is 8.78 Å². The summed E-state index contributed by atoms with van der Waals surface area (Å²) >= 11 is 0. The van der Waals surface area contributed by atoms with Gasteiger partial charge in [0.2, 0.25) is 0 Å². The van der Waals surface area contributed by atoms with Crippen molar-refractivity contribution in [3.63, 3.8) is 0 Å². The lowest BCUT2D eigenvalue weighted by molar-refractivity contribution is -0.0523. The molecule has 160 valence electrons. The van der Waals surface area contributed by atoms with Gasteiger partial charge in [-0.3, -0.25) is 0 Å². The minimum atomic E-state index is -3.07. The van der Waals surface area contributed by atoms with Crippen LogP contribution in [0.2, 0.25) is 0 Å². The van der Waals surface area contributed by atoms with Crippen LogP contribution in [0.5, 0.6) is 5.75 Å². The number of halogens is 3. The summed E-state index contributed by atoms with van der Waals surface area (Å²) in [7, 11) is 0. The van der Waals surface area contributed by atoms with E-state index in [0.717, 1.165) is 36.8 Å². The van der Waals surface area contributed by atoms with Crippen LogP contribution in [-0.4, -0.2) is 13.2 Å². The van der Waals surface area contributed by atoms with Crippen molar-refractivity contribution in [3.8, 4) is 5.75 Å². The lowest BCUT2D eigenvalue weighted by Gasteiger charge is -2.33. The molecule has 30 heavy (non-hydrogen) atoms. The van der Waals surface area contributed by atoms with Crippen molar-refractivity contribution < 1.29 is 22.6 Å². The van der Waals surface area contributed by atoms with Gasteiger partial charge in [-0.25, -0.2) is 4.39 Å². The molecule has 1 atom stereocenters. The fourth-order valence-electron chi connectivity index (χ4n) is 3.61. The first kappa shape index (κ1) is 22.2. The topological polar surface area (TPSA) is 18.5 Å². The van der Waals surface area contributed by atoms with Crippen molar-refractivity contribution in [1.29, 1.82) is 0 Å². The molecule has 2 aromatic carbocycles. The highest BCUT2D eigenvalue weighted by molar-refractivity contribution is 5.75. The third-order valence-corrected chi connectivity index (χ3v) is 5.26. The number of unbranched alkanes of at least 4 members (excludes halogenated alkanes) is 3. The van der Waals surface area contributed by atoms with Crippen LogP contribution in [0.15, 0.2) is 66.8 Å². The molecule has 0 radical (unpaired) electrons. The first-order valence-electron chi connectivity index (χ1n) is 10.4. The van der Waals surface area contributed by atoms with Crippen molar-refractivity contribution in [2.45, 2.75) is 51.2 Å². The van der Waals surface area contributed by atoms with E-state index in [1.54, 1.807) is 6.07 Å². The van der Waals surface area contributed by atoms with Crippen LogP contribution in [0.4, 0.5) is 13.2 Å². The van der Waals surface area contributed by atoms with E-state index in [1.165, 1.54) is 12.1 Å². The summed E-state index contributed by atoms with van der Waals surface area (Å²) in [6.07, 6.45) is 10.8. The van der Waals surface area contributed by atoms with Crippen LogP contribution in [0.1, 0.15) is 50.2 Å². The van der Waals surface area contributed by atoms with Gasteiger partial charge in [0.05, 0.1) is 0 Å². The zero-order valence-electron chi connectivity index (χ0n) is 17.1. The smallest absolute Gasteiger partial charge is 0.387 e. The maximum Gasteiger partial charge on any atom is 0.387 e. The highest BCUT2D eigenvalue weighted by Gasteiger charge is 2.32. The number of hydrogen-bond acceptors (Lipinski definition) is 2. The number of allylic oxidation sites excluding steroid dienone is 2. The molecule has 1 aliphatic carbocycles. The van der Waals surface area contributed by atoms with Crippen molar-refractivity contribution >= 4 is 5.57 Å². The third-order valence-electron chi connectivity index (χ3n) is 5.26. The van der Waals surface area contributed by atoms with Crippen molar-refractivity contribution in [2.24, 2.45) is 0 Å². The summed E-state index contributed by atoms with van der Waals surface area (Å²) in [6, 6.07) is 14.1. The van der Waals surface area contributed by atoms with Gasteiger partial charge in [0.15, 0.2) is 11.6 Å². The Morgan fingerprint density at radius 2 is 1.83 bits per heavy atom. The van der Waals surface area contributed by atoms with E-state index < -0.39 is 23.8 Å². The summed E-state index contributed by atoms with van der Waals surface area (Å²) in [6.45, 7) is -0.385. The molecule has 0 heterocycles. The fourth-order valence-corrected chi connectivity index (χ4v) is 3.61. The van der Waals surface area contributed by atoms with E-state index >= 15 is 0 Å². The summed E-state index contributed by atoms with van der Waals surface area (Å²) in [5.41, 5.74) is 1.90. The average Bonchev–Trinajstić information content (AvgIpc) is 2.76. The molecule has 0 saturated heterocycles. The monoisotopic (exact) mass is 416 g/mol. The van der Waals surface area contributed by atoms with Crippen molar-refractivity contribution in [3.05, 3.63) is 83.7 Å². The van der Waals surface area contributed by atoms with E-state index in [0.29, 0.717) is 18.6 Å². The molecule has 0 spiro atoms. The number of alkyl halides is 2. The Kier molecular flexibility index (Phi) is 7.75. The second-order valence-electron chi connectivity index (χ2n) is 7.39. The van der Waals surface area contributed by atoms with Gasteiger partial charge in [0.25, 0.3) is 0 Å². The molecule has 0 bridgehead atoms. The Labute approximate surface area is 176 Å². The van der Waals surface area contributed by atoms with E-state index in [-0.39, 0.29) is 0 Å². The van der Waals surface area contributed by atoms with Crippen LogP contribution < -0.4 is 4.74 Å². The fraction of sp³-hybridized carbons (Fsp3) is 0.360.